The van der Waals surface area contributed by atoms with E-state index >= 15 is 0 Å². The molecular formula is C12H18O2. The summed E-state index contributed by atoms with van der Waals surface area (Å²) in [5.74, 6) is 2.17. The van der Waals surface area contributed by atoms with Crippen LogP contribution in [0, 0.1) is 23.2 Å². The Bertz CT molecular complexity index is 273. The van der Waals surface area contributed by atoms with E-state index in [1.165, 1.54) is 25.7 Å². The van der Waals surface area contributed by atoms with E-state index in [-0.39, 0.29) is 11.9 Å². The lowest BCUT2D eigenvalue weighted by Gasteiger charge is -2.21. The van der Waals surface area contributed by atoms with Gasteiger partial charge in [0.2, 0.25) is 0 Å². The normalized spacial score (nSPS) is 48.5. The number of carbonyl (C=O) groups excluding carboxylic acids is 1. The van der Waals surface area contributed by atoms with Crippen molar-refractivity contribution in [3.8, 4) is 0 Å². The molecule has 0 aromatic heterocycles. The first kappa shape index (κ1) is 8.75. The maximum absolute atomic E-state index is 11.6. The molecule has 78 valence electrons. The molecule has 2 heteroatoms. The summed E-state index contributed by atoms with van der Waals surface area (Å²) in [6, 6.07) is 0. The van der Waals surface area contributed by atoms with Crippen molar-refractivity contribution >= 4 is 5.97 Å². The molecule has 2 nitrogen and oxygen atoms in total. The summed E-state index contributed by atoms with van der Waals surface area (Å²) < 4.78 is 5.12. The Morgan fingerprint density at radius 2 is 2.29 bits per heavy atom. The summed E-state index contributed by atoms with van der Waals surface area (Å²) in [6.07, 6.45) is 6.65. The number of rotatable bonds is 2. The van der Waals surface area contributed by atoms with E-state index in [4.69, 9.17) is 4.74 Å². The third-order valence-electron chi connectivity index (χ3n) is 4.71. The summed E-state index contributed by atoms with van der Waals surface area (Å²) in [6.45, 7) is 2.44. The predicted molar refractivity (Wildman–Crippen MR) is 52.6 cm³/mol. The topological polar surface area (TPSA) is 26.3 Å². The first-order valence-corrected chi connectivity index (χ1v) is 5.93. The van der Waals surface area contributed by atoms with Gasteiger partial charge in [0, 0.05) is 0 Å². The Hall–Kier alpha value is -0.530. The van der Waals surface area contributed by atoms with E-state index in [1.807, 2.05) is 6.92 Å². The van der Waals surface area contributed by atoms with Crippen LogP contribution in [0.3, 0.4) is 0 Å². The second kappa shape index (κ2) is 2.74. The summed E-state index contributed by atoms with van der Waals surface area (Å²) in [4.78, 5) is 11.6. The quantitative estimate of drug-likeness (QED) is 0.631. The van der Waals surface area contributed by atoms with Crippen LogP contribution >= 0.6 is 0 Å². The Labute approximate surface area is 85.0 Å². The van der Waals surface area contributed by atoms with Crippen molar-refractivity contribution in [2.24, 2.45) is 23.2 Å². The molecule has 4 atom stereocenters. The first-order chi connectivity index (χ1) is 6.76. The van der Waals surface area contributed by atoms with Gasteiger partial charge in [0.1, 0.15) is 0 Å². The lowest BCUT2D eigenvalue weighted by atomic mass is 9.84. The standard InChI is InChI=1S/C12H18O2/c1-2-14-11(13)10-7-12(10)6-8-3-4-9(12)5-8/h8-10H,2-7H2,1H3. The van der Waals surface area contributed by atoms with Gasteiger partial charge in [-0.3, -0.25) is 4.79 Å². The molecule has 14 heavy (non-hydrogen) atoms. The fourth-order valence-corrected chi connectivity index (χ4v) is 4.05. The first-order valence-electron chi connectivity index (χ1n) is 5.93. The highest BCUT2D eigenvalue weighted by molar-refractivity contribution is 5.77. The molecule has 0 heterocycles. The highest BCUT2D eigenvalue weighted by Crippen LogP contribution is 2.71. The van der Waals surface area contributed by atoms with Crippen molar-refractivity contribution in [2.75, 3.05) is 6.61 Å². The number of fused-ring (bicyclic) bond motifs is 3. The molecule has 3 aliphatic rings. The summed E-state index contributed by atoms with van der Waals surface area (Å²) in [7, 11) is 0. The van der Waals surface area contributed by atoms with Gasteiger partial charge in [-0.25, -0.2) is 0 Å². The van der Waals surface area contributed by atoms with Crippen LogP contribution < -0.4 is 0 Å². The van der Waals surface area contributed by atoms with Crippen molar-refractivity contribution in [1.82, 2.24) is 0 Å². The molecule has 3 aliphatic carbocycles. The van der Waals surface area contributed by atoms with Gasteiger partial charge < -0.3 is 4.74 Å². The van der Waals surface area contributed by atoms with Gasteiger partial charge in [-0.2, -0.15) is 0 Å². The minimum Gasteiger partial charge on any atom is -0.466 e. The second-order valence-electron chi connectivity index (χ2n) is 5.32. The zero-order valence-electron chi connectivity index (χ0n) is 8.79. The SMILES string of the molecule is CCOC(=O)C1CC12CC1CCC2C1. The van der Waals surface area contributed by atoms with Crippen molar-refractivity contribution in [3.05, 3.63) is 0 Å². The van der Waals surface area contributed by atoms with Crippen molar-refractivity contribution in [1.29, 1.82) is 0 Å². The van der Waals surface area contributed by atoms with Gasteiger partial charge in [0.15, 0.2) is 0 Å². The molecule has 2 bridgehead atoms. The van der Waals surface area contributed by atoms with Crippen LogP contribution in [-0.2, 0) is 9.53 Å². The predicted octanol–water partition coefficient (Wildman–Crippen LogP) is 2.38. The van der Waals surface area contributed by atoms with Crippen LogP contribution in [-0.4, -0.2) is 12.6 Å². The van der Waals surface area contributed by atoms with Crippen LogP contribution in [0.25, 0.3) is 0 Å². The maximum atomic E-state index is 11.6. The van der Waals surface area contributed by atoms with Gasteiger partial charge in [0.05, 0.1) is 12.5 Å². The monoisotopic (exact) mass is 194 g/mol. The molecular weight excluding hydrogens is 176 g/mol. The number of hydrogen-bond donors (Lipinski definition) is 0. The number of hydrogen-bond acceptors (Lipinski definition) is 2. The van der Waals surface area contributed by atoms with Crippen molar-refractivity contribution < 1.29 is 9.53 Å². The van der Waals surface area contributed by atoms with Gasteiger partial charge >= 0.3 is 5.97 Å². The number of carbonyl (C=O) groups is 1. The molecule has 3 saturated carbocycles. The van der Waals surface area contributed by atoms with Crippen LogP contribution in [0.2, 0.25) is 0 Å². The molecule has 4 unspecified atom stereocenters. The van der Waals surface area contributed by atoms with E-state index in [0.717, 1.165) is 18.3 Å². The van der Waals surface area contributed by atoms with E-state index in [0.29, 0.717) is 12.0 Å². The molecule has 0 radical (unpaired) electrons. The zero-order chi connectivity index (χ0) is 9.76. The second-order valence-corrected chi connectivity index (χ2v) is 5.32. The highest BCUT2D eigenvalue weighted by Gasteiger charge is 2.67. The average Bonchev–Trinajstić information content (AvgIpc) is 2.57. The summed E-state index contributed by atoms with van der Waals surface area (Å²) >= 11 is 0. The Morgan fingerprint density at radius 3 is 2.86 bits per heavy atom. The van der Waals surface area contributed by atoms with Crippen LogP contribution in [0.5, 0.6) is 0 Å². The van der Waals surface area contributed by atoms with Crippen LogP contribution in [0.15, 0.2) is 0 Å². The van der Waals surface area contributed by atoms with E-state index < -0.39 is 0 Å². The molecule has 0 N–H and O–H groups in total. The van der Waals surface area contributed by atoms with E-state index in [9.17, 15) is 4.79 Å². The third-order valence-corrected chi connectivity index (χ3v) is 4.71. The molecule has 0 aromatic carbocycles. The fourth-order valence-electron chi connectivity index (χ4n) is 4.05. The third kappa shape index (κ3) is 0.999. The van der Waals surface area contributed by atoms with Gasteiger partial charge in [-0.1, -0.05) is 6.42 Å². The molecule has 1 spiro atoms. The highest BCUT2D eigenvalue weighted by atomic mass is 16.5. The van der Waals surface area contributed by atoms with Crippen molar-refractivity contribution in [3.63, 3.8) is 0 Å². The summed E-state index contributed by atoms with van der Waals surface area (Å²) in [5, 5.41) is 0. The van der Waals surface area contributed by atoms with E-state index in [1.54, 1.807) is 0 Å². The lowest BCUT2D eigenvalue weighted by Crippen LogP contribution is -2.19. The molecule has 0 aliphatic heterocycles. The van der Waals surface area contributed by atoms with Crippen molar-refractivity contribution in [2.45, 2.75) is 39.0 Å². The maximum Gasteiger partial charge on any atom is 0.309 e. The lowest BCUT2D eigenvalue weighted by molar-refractivity contribution is -0.146. The molecule has 0 amide bonds. The average molecular weight is 194 g/mol. The molecule has 0 saturated heterocycles. The zero-order valence-corrected chi connectivity index (χ0v) is 8.79. The van der Waals surface area contributed by atoms with Gasteiger partial charge in [0.25, 0.3) is 0 Å². The van der Waals surface area contributed by atoms with Crippen LogP contribution in [0.4, 0.5) is 0 Å². The number of ether oxygens (including phenoxy) is 1. The fraction of sp³-hybridized carbons (Fsp3) is 0.917. The largest absolute Gasteiger partial charge is 0.466 e. The Balaban J connectivity index is 1.69. The minimum atomic E-state index is 0.0834. The molecule has 3 fully saturated rings. The minimum absolute atomic E-state index is 0.0834. The Morgan fingerprint density at radius 1 is 1.43 bits per heavy atom. The van der Waals surface area contributed by atoms with Gasteiger partial charge in [-0.05, 0) is 49.9 Å². The molecule has 3 rings (SSSR count). The number of esters is 1. The molecule has 0 aromatic rings. The Kier molecular flexibility index (Phi) is 1.71. The van der Waals surface area contributed by atoms with Crippen LogP contribution in [0.1, 0.15) is 39.0 Å². The summed E-state index contributed by atoms with van der Waals surface area (Å²) in [5.41, 5.74) is 0.426. The smallest absolute Gasteiger partial charge is 0.309 e. The van der Waals surface area contributed by atoms with E-state index in [2.05, 4.69) is 0 Å². The van der Waals surface area contributed by atoms with Gasteiger partial charge in [-0.15, -0.1) is 0 Å².